The summed E-state index contributed by atoms with van der Waals surface area (Å²) in [7, 11) is 0. The van der Waals surface area contributed by atoms with Gasteiger partial charge in [0.1, 0.15) is 6.04 Å². The van der Waals surface area contributed by atoms with Gasteiger partial charge in [-0.1, -0.05) is 20.8 Å². The second kappa shape index (κ2) is 7.97. The number of amides is 2. The molecule has 11 heteroatoms. The lowest BCUT2D eigenvalue weighted by molar-refractivity contribution is -0.194. The Balaban J connectivity index is 2.32. The molecule has 0 spiro atoms. The lowest BCUT2D eigenvalue weighted by atomic mass is 9.94. The summed E-state index contributed by atoms with van der Waals surface area (Å²) in [4.78, 5) is 43.9. The maximum absolute atomic E-state index is 12.6. The topological polar surface area (TPSA) is 104 Å². The molecule has 1 aromatic heterocycles. The highest BCUT2D eigenvalue weighted by Gasteiger charge is 2.47. The zero-order valence-electron chi connectivity index (χ0n) is 15.1. The van der Waals surface area contributed by atoms with Gasteiger partial charge in [-0.05, 0) is 12.3 Å². The number of halogens is 3. The lowest BCUT2D eigenvalue weighted by Crippen LogP contribution is -2.55. The number of aromatic nitrogens is 2. The Morgan fingerprint density at radius 2 is 2.07 bits per heavy atom. The van der Waals surface area contributed by atoms with Crippen LogP contribution in [0, 0.1) is 5.92 Å². The molecule has 2 heterocycles. The number of esters is 1. The van der Waals surface area contributed by atoms with Crippen molar-refractivity contribution in [3.05, 3.63) is 17.7 Å². The maximum atomic E-state index is 12.6. The van der Waals surface area contributed by atoms with Crippen molar-refractivity contribution in [1.82, 2.24) is 20.2 Å². The fourth-order valence-electron chi connectivity index (χ4n) is 2.90. The van der Waals surface area contributed by atoms with Crippen LogP contribution in [0.3, 0.4) is 0 Å². The molecular weight excluding hydrogens is 369 g/mol. The molecule has 2 rings (SSSR count). The van der Waals surface area contributed by atoms with Crippen LogP contribution < -0.4 is 5.32 Å². The zero-order chi connectivity index (χ0) is 20.4. The molecule has 0 radical (unpaired) electrons. The summed E-state index contributed by atoms with van der Waals surface area (Å²) in [6.07, 6.45) is -5.18. The Hall–Kier alpha value is -2.59. The van der Waals surface area contributed by atoms with E-state index in [0.29, 0.717) is 17.9 Å². The number of hydrogen-bond acceptors (Lipinski definition) is 5. The van der Waals surface area contributed by atoms with E-state index < -0.39 is 36.2 Å². The van der Waals surface area contributed by atoms with Crippen molar-refractivity contribution in [2.45, 2.75) is 51.9 Å². The summed E-state index contributed by atoms with van der Waals surface area (Å²) in [6.45, 7) is 5.75. The van der Waals surface area contributed by atoms with Crippen LogP contribution in [0.5, 0.6) is 0 Å². The largest absolute Gasteiger partial charge is 0.491 e. The number of fused-ring (bicyclic) bond motifs is 1. The molecular formula is C16H21F3N4O4. The van der Waals surface area contributed by atoms with Gasteiger partial charge in [-0.15, -0.1) is 0 Å². The average Bonchev–Trinajstić information content (AvgIpc) is 3.05. The highest BCUT2D eigenvalue weighted by Crippen LogP contribution is 2.34. The van der Waals surface area contributed by atoms with Gasteiger partial charge in [-0.2, -0.15) is 13.2 Å². The smallest absolute Gasteiger partial charge is 0.369 e. The van der Waals surface area contributed by atoms with Crippen LogP contribution in [-0.4, -0.2) is 51.6 Å². The number of rotatable bonds is 4. The molecule has 0 bridgehead atoms. The Bertz CT molecular complexity index is 717. The number of hydrogen-bond donors (Lipinski definition) is 2. The molecule has 8 nitrogen and oxygen atoms in total. The second-order valence-corrected chi connectivity index (χ2v) is 6.61. The van der Waals surface area contributed by atoms with Crippen LogP contribution in [-0.2, 0) is 20.7 Å². The van der Waals surface area contributed by atoms with E-state index in [2.05, 4.69) is 20.0 Å². The Kier molecular flexibility index (Phi) is 6.11. The summed E-state index contributed by atoms with van der Waals surface area (Å²) < 4.78 is 41.4. The van der Waals surface area contributed by atoms with E-state index in [4.69, 9.17) is 0 Å². The van der Waals surface area contributed by atoms with Crippen molar-refractivity contribution in [3.63, 3.8) is 0 Å². The van der Waals surface area contributed by atoms with E-state index >= 15 is 0 Å². The predicted octanol–water partition coefficient (Wildman–Crippen LogP) is 2.09. The highest BCUT2D eigenvalue weighted by atomic mass is 19.4. The molecule has 0 aliphatic carbocycles. The number of nitrogens with zero attached hydrogens (tertiary/aromatic N) is 2. The van der Waals surface area contributed by atoms with Crippen LogP contribution in [0.2, 0.25) is 0 Å². The van der Waals surface area contributed by atoms with E-state index in [9.17, 15) is 27.6 Å². The van der Waals surface area contributed by atoms with E-state index in [0.717, 1.165) is 4.90 Å². The number of carbonyl (C=O) groups excluding carboxylic acids is 3. The van der Waals surface area contributed by atoms with Crippen molar-refractivity contribution in [2.24, 2.45) is 5.92 Å². The fourth-order valence-corrected chi connectivity index (χ4v) is 2.90. The Labute approximate surface area is 153 Å². The van der Waals surface area contributed by atoms with E-state index in [1.54, 1.807) is 6.92 Å². The van der Waals surface area contributed by atoms with Gasteiger partial charge >= 0.3 is 18.2 Å². The Morgan fingerprint density at radius 3 is 2.63 bits per heavy atom. The van der Waals surface area contributed by atoms with Gasteiger partial charge < -0.3 is 15.0 Å². The van der Waals surface area contributed by atoms with E-state index in [-0.39, 0.29) is 18.8 Å². The van der Waals surface area contributed by atoms with Gasteiger partial charge in [0.2, 0.25) is 5.91 Å². The first-order chi connectivity index (χ1) is 12.6. The van der Waals surface area contributed by atoms with Crippen molar-refractivity contribution in [1.29, 1.82) is 0 Å². The molecule has 0 fully saturated rings. The molecule has 2 N–H and O–H groups in total. The summed E-state index contributed by atoms with van der Waals surface area (Å²) in [6, 6.07) is -1.93. The minimum Gasteiger partial charge on any atom is -0.369 e. The number of nitrogens with one attached hydrogen (secondary N) is 2. The number of aromatic amines is 1. The third-order valence-corrected chi connectivity index (χ3v) is 4.13. The normalized spacial score (nSPS) is 19.6. The molecule has 0 aromatic carbocycles. The number of ether oxygens (including phenoxy) is 1. The molecule has 1 aromatic rings. The van der Waals surface area contributed by atoms with Crippen molar-refractivity contribution in [2.75, 3.05) is 6.54 Å². The summed E-state index contributed by atoms with van der Waals surface area (Å²) >= 11 is 0. The molecule has 2 amide bonds. The van der Waals surface area contributed by atoms with Crippen LogP contribution in [0.1, 0.15) is 44.6 Å². The molecule has 2 atom stereocenters. The predicted molar refractivity (Wildman–Crippen MR) is 86.3 cm³/mol. The molecule has 0 saturated heterocycles. The van der Waals surface area contributed by atoms with Gasteiger partial charge in [0.25, 0.3) is 0 Å². The first-order valence-electron chi connectivity index (χ1n) is 8.47. The molecule has 0 unspecified atom stereocenters. The van der Waals surface area contributed by atoms with Gasteiger partial charge in [-0.25, -0.2) is 14.6 Å². The molecule has 1 aliphatic rings. The van der Waals surface area contributed by atoms with Crippen LogP contribution in [0.25, 0.3) is 0 Å². The van der Waals surface area contributed by atoms with Crippen molar-refractivity contribution >= 4 is 18.0 Å². The first kappa shape index (κ1) is 20.7. The second-order valence-electron chi connectivity index (χ2n) is 6.61. The van der Waals surface area contributed by atoms with Crippen LogP contribution in [0.15, 0.2) is 6.33 Å². The number of carbonyl (C=O) groups is 3. The SMILES string of the molecule is CC[C@H]1c2nc[nH]c2C[C@@H](C(=O)NCC(C)C)N1C(=O)OC(=O)C(F)(F)F. The fraction of sp³-hybridized carbons (Fsp3) is 0.625. The van der Waals surface area contributed by atoms with Crippen LogP contribution >= 0.6 is 0 Å². The zero-order valence-corrected chi connectivity index (χ0v) is 15.1. The molecule has 1 aliphatic heterocycles. The van der Waals surface area contributed by atoms with Crippen molar-refractivity contribution < 1.29 is 32.3 Å². The minimum atomic E-state index is -5.32. The monoisotopic (exact) mass is 390 g/mol. The van der Waals surface area contributed by atoms with Gasteiger partial charge in [-0.3, -0.25) is 9.69 Å². The quantitative estimate of drug-likeness (QED) is 0.605. The Morgan fingerprint density at radius 1 is 1.41 bits per heavy atom. The van der Waals surface area contributed by atoms with Gasteiger partial charge in [0.15, 0.2) is 0 Å². The average molecular weight is 390 g/mol. The summed E-state index contributed by atoms with van der Waals surface area (Å²) in [5, 5.41) is 2.66. The number of alkyl halides is 3. The van der Waals surface area contributed by atoms with E-state index in [1.165, 1.54) is 6.33 Å². The summed E-state index contributed by atoms with van der Waals surface area (Å²) in [5.41, 5.74) is 1.04. The van der Waals surface area contributed by atoms with Gasteiger partial charge in [0, 0.05) is 18.7 Å². The van der Waals surface area contributed by atoms with Crippen LogP contribution in [0.4, 0.5) is 18.0 Å². The third-order valence-electron chi connectivity index (χ3n) is 4.13. The standard InChI is InChI=1S/C16H21F3N4O4/c1-4-10-12-9(21-7-22-12)5-11(13(24)20-6-8(2)3)23(10)15(26)27-14(25)16(17,18)19/h7-8,10-11H,4-6H2,1-3H3,(H,20,24)(H,21,22)/t10-,11-/m0/s1. The lowest BCUT2D eigenvalue weighted by Gasteiger charge is -2.39. The maximum Gasteiger partial charge on any atom is 0.491 e. The third kappa shape index (κ3) is 4.58. The highest BCUT2D eigenvalue weighted by molar-refractivity contribution is 5.91. The molecule has 0 saturated carbocycles. The first-order valence-corrected chi connectivity index (χ1v) is 8.47. The van der Waals surface area contributed by atoms with Gasteiger partial charge in [0.05, 0.1) is 18.1 Å². The van der Waals surface area contributed by atoms with Crippen molar-refractivity contribution in [3.8, 4) is 0 Å². The van der Waals surface area contributed by atoms with E-state index in [1.807, 2.05) is 13.8 Å². The number of imidazole rings is 1. The minimum absolute atomic E-state index is 0.0189. The molecule has 27 heavy (non-hydrogen) atoms. The number of H-pyrrole nitrogens is 1. The summed E-state index contributed by atoms with van der Waals surface area (Å²) in [5.74, 6) is -3.04. The molecule has 150 valence electrons.